The maximum atomic E-state index is 12.9. The van der Waals surface area contributed by atoms with Crippen LogP contribution in [0.2, 0.25) is 0 Å². The second-order valence-electron chi connectivity index (χ2n) is 21.0. The Hall–Kier alpha value is -2.11. The van der Waals surface area contributed by atoms with Crippen LogP contribution in [0.25, 0.3) is 0 Å². The van der Waals surface area contributed by atoms with Gasteiger partial charge in [0, 0.05) is 19.3 Å². The van der Waals surface area contributed by atoms with Crippen LogP contribution in [0.4, 0.5) is 0 Å². The van der Waals surface area contributed by atoms with Gasteiger partial charge in [0.2, 0.25) is 0 Å². The normalized spacial score (nSPS) is 12.1. The zero-order valence-electron chi connectivity index (χ0n) is 46.6. The van der Waals surface area contributed by atoms with Gasteiger partial charge >= 0.3 is 17.9 Å². The molecule has 0 rings (SSSR count). The first-order valence-electron chi connectivity index (χ1n) is 30.8. The van der Waals surface area contributed by atoms with E-state index in [0.717, 1.165) is 77.0 Å². The van der Waals surface area contributed by atoms with Crippen molar-refractivity contribution in [3.63, 3.8) is 0 Å². The first-order valence-corrected chi connectivity index (χ1v) is 30.8. The number of esters is 3. The van der Waals surface area contributed by atoms with Gasteiger partial charge in [0.1, 0.15) is 13.2 Å². The number of unbranched alkanes of at least 4 members (excludes halogenated alkanes) is 42. The predicted octanol–water partition coefficient (Wildman–Crippen LogP) is 20.7. The van der Waals surface area contributed by atoms with Crippen molar-refractivity contribution in [3.05, 3.63) is 24.3 Å². The van der Waals surface area contributed by atoms with E-state index < -0.39 is 6.10 Å². The monoisotopic (exact) mass is 971 g/mol. The van der Waals surface area contributed by atoms with Gasteiger partial charge in [0.05, 0.1) is 0 Å². The molecule has 69 heavy (non-hydrogen) atoms. The zero-order chi connectivity index (χ0) is 50.0. The molecule has 0 aliphatic carbocycles. The summed E-state index contributed by atoms with van der Waals surface area (Å²) >= 11 is 0. The van der Waals surface area contributed by atoms with Crippen molar-refractivity contribution in [2.75, 3.05) is 13.2 Å². The van der Waals surface area contributed by atoms with Crippen molar-refractivity contribution in [1.29, 1.82) is 0 Å². The highest BCUT2D eigenvalue weighted by Gasteiger charge is 2.19. The van der Waals surface area contributed by atoms with E-state index in [1.54, 1.807) is 0 Å². The van der Waals surface area contributed by atoms with E-state index in [0.29, 0.717) is 19.3 Å². The van der Waals surface area contributed by atoms with E-state index in [4.69, 9.17) is 14.2 Å². The third-order valence-electron chi connectivity index (χ3n) is 14.0. The van der Waals surface area contributed by atoms with Crippen LogP contribution >= 0.6 is 0 Å². The Morgan fingerprint density at radius 2 is 0.522 bits per heavy atom. The van der Waals surface area contributed by atoms with Crippen molar-refractivity contribution in [3.8, 4) is 0 Å². The summed E-state index contributed by atoms with van der Waals surface area (Å²) in [6.07, 6.45) is 68.9. The Bertz CT molecular complexity index is 1110. The minimum Gasteiger partial charge on any atom is -0.462 e. The van der Waals surface area contributed by atoms with E-state index in [1.165, 1.54) is 225 Å². The van der Waals surface area contributed by atoms with Crippen LogP contribution in [0.5, 0.6) is 0 Å². The summed E-state index contributed by atoms with van der Waals surface area (Å²) < 4.78 is 16.9. The molecule has 0 N–H and O–H groups in total. The largest absolute Gasteiger partial charge is 0.462 e. The highest BCUT2D eigenvalue weighted by atomic mass is 16.6. The molecule has 6 heteroatoms. The molecule has 0 spiro atoms. The van der Waals surface area contributed by atoms with Gasteiger partial charge in [-0.1, -0.05) is 295 Å². The summed E-state index contributed by atoms with van der Waals surface area (Å²) in [5.74, 6) is -0.858. The molecular weight excluding hydrogens is 853 g/mol. The second-order valence-corrected chi connectivity index (χ2v) is 21.0. The van der Waals surface area contributed by atoms with Crippen LogP contribution in [0, 0.1) is 0 Å². The lowest BCUT2D eigenvalue weighted by Crippen LogP contribution is -2.30. The molecule has 6 nitrogen and oxygen atoms in total. The molecule has 0 saturated carbocycles. The number of rotatable bonds is 57. The molecule has 0 heterocycles. The van der Waals surface area contributed by atoms with Crippen LogP contribution in [-0.4, -0.2) is 37.2 Å². The molecule has 0 aromatic rings. The summed E-state index contributed by atoms with van der Waals surface area (Å²) in [4.78, 5) is 38.2. The number of ether oxygens (including phenoxy) is 3. The fourth-order valence-electron chi connectivity index (χ4n) is 9.30. The Kier molecular flexibility index (Phi) is 56.7. The van der Waals surface area contributed by atoms with Crippen LogP contribution in [0.3, 0.4) is 0 Å². The summed E-state index contributed by atoms with van der Waals surface area (Å²) in [7, 11) is 0. The van der Waals surface area contributed by atoms with E-state index >= 15 is 0 Å². The molecule has 0 saturated heterocycles. The molecule has 0 aromatic heterocycles. The van der Waals surface area contributed by atoms with Gasteiger partial charge in [0.15, 0.2) is 6.10 Å². The third-order valence-corrected chi connectivity index (χ3v) is 14.0. The molecule has 0 aliphatic rings. The zero-order valence-corrected chi connectivity index (χ0v) is 46.6. The van der Waals surface area contributed by atoms with E-state index in [9.17, 15) is 14.4 Å². The fourth-order valence-corrected chi connectivity index (χ4v) is 9.30. The first-order chi connectivity index (χ1) is 34.0. The summed E-state index contributed by atoms with van der Waals surface area (Å²) in [5, 5.41) is 0. The Balaban J connectivity index is 4.32. The average Bonchev–Trinajstić information content (AvgIpc) is 3.35. The quantitative estimate of drug-likeness (QED) is 0.0261. The number of allylic oxidation sites excluding steroid dienone is 4. The highest BCUT2D eigenvalue weighted by Crippen LogP contribution is 2.18. The van der Waals surface area contributed by atoms with Gasteiger partial charge < -0.3 is 14.2 Å². The number of carbonyl (C=O) groups excluding carboxylic acids is 3. The van der Waals surface area contributed by atoms with E-state index in [2.05, 4.69) is 45.1 Å². The summed E-state index contributed by atoms with van der Waals surface area (Å²) in [5.41, 5.74) is 0. The lowest BCUT2D eigenvalue weighted by molar-refractivity contribution is -0.167. The molecule has 0 amide bonds. The average molecular weight is 972 g/mol. The summed E-state index contributed by atoms with van der Waals surface area (Å²) in [6.45, 7) is 6.67. The van der Waals surface area contributed by atoms with Crippen molar-refractivity contribution < 1.29 is 28.6 Å². The van der Waals surface area contributed by atoms with Crippen LogP contribution < -0.4 is 0 Å². The number of carbonyl (C=O) groups is 3. The molecular formula is C63H118O6. The lowest BCUT2D eigenvalue weighted by Gasteiger charge is -2.18. The van der Waals surface area contributed by atoms with Crippen LogP contribution in [0.15, 0.2) is 24.3 Å². The smallest absolute Gasteiger partial charge is 0.306 e. The molecule has 0 radical (unpaired) electrons. The van der Waals surface area contributed by atoms with Crippen LogP contribution in [0.1, 0.15) is 342 Å². The molecule has 1 atom stereocenters. The Morgan fingerprint density at radius 3 is 0.826 bits per heavy atom. The Morgan fingerprint density at radius 1 is 0.290 bits per heavy atom. The minimum atomic E-state index is -0.772. The maximum Gasteiger partial charge on any atom is 0.306 e. The van der Waals surface area contributed by atoms with Gasteiger partial charge in [0.25, 0.3) is 0 Å². The van der Waals surface area contributed by atoms with Crippen molar-refractivity contribution in [2.45, 2.75) is 348 Å². The van der Waals surface area contributed by atoms with Crippen LogP contribution in [-0.2, 0) is 28.6 Å². The van der Waals surface area contributed by atoms with Gasteiger partial charge in [-0.15, -0.1) is 0 Å². The van der Waals surface area contributed by atoms with Gasteiger partial charge in [-0.3, -0.25) is 14.4 Å². The van der Waals surface area contributed by atoms with Crippen molar-refractivity contribution in [1.82, 2.24) is 0 Å². The molecule has 0 aromatic carbocycles. The van der Waals surface area contributed by atoms with Crippen molar-refractivity contribution in [2.24, 2.45) is 0 Å². The molecule has 0 unspecified atom stereocenters. The highest BCUT2D eigenvalue weighted by molar-refractivity contribution is 5.71. The van der Waals surface area contributed by atoms with Gasteiger partial charge in [-0.25, -0.2) is 0 Å². The number of hydrogen-bond acceptors (Lipinski definition) is 6. The topological polar surface area (TPSA) is 78.9 Å². The minimum absolute atomic E-state index is 0.0697. The maximum absolute atomic E-state index is 12.9. The standard InChI is InChI=1S/C63H118O6/c1-4-7-10-13-16-19-22-25-28-30-31-33-35-38-41-44-47-50-53-56-62(65)68-59-60(58-67-61(64)55-52-49-46-43-40-37-34-27-24-21-18-15-12-9-6-3)69-63(66)57-54-51-48-45-42-39-36-32-29-26-23-20-17-14-11-8-5-2/h18,21,27,34,60H,4-17,19-20,22-26,28-33,35-59H2,1-3H3/b21-18+,34-27+/t60-/m1/s1. The van der Waals surface area contributed by atoms with E-state index in [1.807, 2.05) is 0 Å². The van der Waals surface area contributed by atoms with Gasteiger partial charge in [-0.2, -0.15) is 0 Å². The molecule has 0 aliphatic heterocycles. The second kappa shape index (κ2) is 58.5. The predicted molar refractivity (Wildman–Crippen MR) is 298 cm³/mol. The number of hydrogen-bond donors (Lipinski definition) is 0. The molecule has 0 bridgehead atoms. The molecule has 406 valence electrons. The first kappa shape index (κ1) is 66.9. The lowest BCUT2D eigenvalue weighted by atomic mass is 10.0. The van der Waals surface area contributed by atoms with E-state index in [-0.39, 0.29) is 31.1 Å². The Labute approximate surface area is 430 Å². The third kappa shape index (κ3) is 56.7. The molecule has 0 fully saturated rings. The van der Waals surface area contributed by atoms with Gasteiger partial charge in [-0.05, 0) is 51.4 Å². The van der Waals surface area contributed by atoms with Crippen molar-refractivity contribution >= 4 is 17.9 Å². The fraction of sp³-hybridized carbons (Fsp3) is 0.889. The SMILES string of the molecule is CCCCC/C=C/C/C=C/CCCCCCCC(=O)OC[C@H](COC(=O)CCCCCCCCCCCCCCCCCCCCC)OC(=O)CCCCCCCCCCCCCCCCCCC. The summed E-state index contributed by atoms with van der Waals surface area (Å²) in [6, 6.07) is 0.